The van der Waals surface area contributed by atoms with Gasteiger partial charge in [0.25, 0.3) is 0 Å². The zero-order chi connectivity index (χ0) is 35.2. The third-order valence-electron chi connectivity index (χ3n) is 8.30. The van der Waals surface area contributed by atoms with Crippen LogP contribution >= 0.6 is 23.2 Å². The van der Waals surface area contributed by atoms with Crippen LogP contribution in [0.5, 0.6) is 5.88 Å². The number of amides is 2. The Hall–Kier alpha value is -4.81. The zero-order valence-electron chi connectivity index (χ0n) is 27.5. The Balaban J connectivity index is 1.20. The van der Waals surface area contributed by atoms with Crippen molar-refractivity contribution < 1.29 is 24.2 Å². The third kappa shape index (κ3) is 8.14. The number of ether oxygens (including phenoxy) is 2. The van der Waals surface area contributed by atoms with Gasteiger partial charge in [0.2, 0.25) is 11.8 Å². The maximum Gasteiger partial charge on any atom is 0.407 e. The van der Waals surface area contributed by atoms with Crippen molar-refractivity contribution in [3.63, 3.8) is 0 Å². The molecule has 2 aromatic carbocycles. The van der Waals surface area contributed by atoms with Gasteiger partial charge < -0.3 is 30.5 Å². The van der Waals surface area contributed by atoms with Crippen LogP contribution in [0.4, 0.5) is 4.79 Å². The van der Waals surface area contributed by atoms with Crippen LogP contribution in [0.3, 0.4) is 0 Å². The van der Waals surface area contributed by atoms with Crippen LogP contribution in [-0.4, -0.2) is 64.4 Å². The largest absolute Gasteiger partial charge is 0.481 e. The maximum absolute atomic E-state index is 12.3. The van der Waals surface area contributed by atoms with Crippen molar-refractivity contribution in [2.75, 3.05) is 20.2 Å². The van der Waals surface area contributed by atoms with E-state index in [-0.39, 0.29) is 18.6 Å². The number of hydrogen-bond acceptors (Lipinski definition) is 9. The molecule has 1 fully saturated rings. The van der Waals surface area contributed by atoms with Crippen LogP contribution in [0.25, 0.3) is 44.5 Å². The smallest absolute Gasteiger partial charge is 0.407 e. The van der Waals surface area contributed by atoms with Gasteiger partial charge in [0, 0.05) is 72.1 Å². The summed E-state index contributed by atoms with van der Waals surface area (Å²) in [6.45, 7) is 3.06. The van der Waals surface area contributed by atoms with Gasteiger partial charge in [-0.15, -0.1) is 0 Å². The van der Waals surface area contributed by atoms with Crippen LogP contribution in [-0.2, 0) is 22.7 Å². The lowest BCUT2D eigenvalue weighted by atomic mass is 9.98. The highest BCUT2D eigenvalue weighted by molar-refractivity contribution is 6.39. The van der Waals surface area contributed by atoms with Crippen LogP contribution in [0, 0.1) is 0 Å². The summed E-state index contributed by atoms with van der Waals surface area (Å²) in [5, 5.41) is 20.0. The molecule has 1 saturated heterocycles. The van der Waals surface area contributed by atoms with E-state index in [1.165, 1.54) is 7.11 Å². The molecule has 5 aromatic rings. The summed E-state index contributed by atoms with van der Waals surface area (Å²) in [6.07, 6.45) is 3.69. The molecule has 6 rings (SSSR count). The molecular formula is C37H36Cl2N6O5. The average molecular weight is 716 g/mol. The van der Waals surface area contributed by atoms with Gasteiger partial charge in [0.15, 0.2) is 0 Å². The number of hydrogen-bond donors (Lipinski definition) is 4. The predicted molar refractivity (Wildman–Crippen MR) is 193 cm³/mol. The van der Waals surface area contributed by atoms with Gasteiger partial charge in [-0.25, -0.2) is 9.78 Å². The number of aliphatic hydroxyl groups is 1. The number of pyridine rings is 3. The summed E-state index contributed by atoms with van der Waals surface area (Å²) in [5.41, 5.74) is 6.43. The highest BCUT2D eigenvalue weighted by Gasteiger charge is 2.22. The number of alkyl carbamates (subject to hydrolysis) is 1. The summed E-state index contributed by atoms with van der Waals surface area (Å²) >= 11 is 14.1. The number of nitrogens with zero attached hydrogens (tertiary/aromatic N) is 3. The quantitative estimate of drug-likeness (QED) is 0.117. The number of nitrogens with one attached hydrogen (secondary N) is 3. The van der Waals surface area contributed by atoms with E-state index in [1.807, 2.05) is 54.7 Å². The van der Waals surface area contributed by atoms with E-state index in [9.17, 15) is 14.7 Å². The number of halogens is 2. The van der Waals surface area contributed by atoms with Gasteiger partial charge >= 0.3 is 6.09 Å². The van der Waals surface area contributed by atoms with E-state index in [1.54, 1.807) is 25.3 Å². The second-order valence-corrected chi connectivity index (χ2v) is 12.8. The molecule has 4 N–H and O–H groups in total. The lowest BCUT2D eigenvalue weighted by molar-refractivity contribution is -0.119. The Bertz CT molecular complexity index is 2040. The molecule has 1 aliphatic heterocycles. The van der Waals surface area contributed by atoms with Gasteiger partial charge in [-0.05, 0) is 43.2 Å². The fraction of sp³-hybridized carbons (Fsp3) is 0.270. The van der Waals surface area contributed by atoms with E-state index in [2.05, 4.69) is 25.9 Å². The molecule has 1 aliphatic rings. The zero-order valence-corrected chi connectivity index (χ0v) is 29.0. The number of rotatable bonds is 12. The number of benzene rings is 2. The number of methoxy groups -OCH3 is 1. The summed E-state index contributed by atoms with van der Waals surface area (Å²) in [7, 11) is 1.49. The van der Waals surface area contributed by atoms with Gasteiger partial charge in [-0.3, -0.25) is 14.8 Å². The van der Waals surface area contributed by atoms with Crippen LogP contribution < -0.4 is 20.7 Å². The van der Waals surface area contributed by atoms with Crippen LogP contribution in [0.1, 0.15) is 30.9 Å². The number of carbonyl (C=O) groups is 2. The summed E-state index contributed by atoms with van der Waals surface area (Å²) in [5.74, 6) is 0.271. The van der Waals surface area contributed by atoms with Crippen molar-refractivity contribution in [1.29, 1.82) is 0 Å². The second-order valence-electron chi connectivity index (χ2n) is 12.0. The minimum atomic E-state index is -0.603. The van der Waals surface area contributed by atoms with Gasteiger partial charge in [-0.1, -0.05) is 59.6 Å². The standard InChI is InChI=1S/C37H36Cl2N6O5/c1-21(46)15-40-16-22-13-24-18-42-32(14-31(24)41-17-22)29-8-4-6-27(35(29)39)26-5-3-7-28(34(26)38)30-11-9-23(36(45-30)49-2)20-50-37(48)43-19-25-10-12-33(47)44-25/h3-9,11,13-14,17-18,21,25,40,46H,10,12,15-16,19-20H2,1-2H3,(H,43,48)(H,44,47)/t21?,25-/m0/s1. The molecule has 0 spiro atoms. The van der Waals surface area contributed by atoms with Crippen LogP contribution in [0.15, 0.2) is 73.1 Å². The maximum atomic E-state index is 12.3. The highest BCUT2D eigenvalue weighted by Crippen LogP contribution is 2.42. The Morgan fingerprint density at radius 3 is 2.40 bits per heavy atom. The Labute approximate surface area is 299 Å². The van der Waals surface area contributed by atoms with E-state index >= 15 is 0 Å². The molecule has 0 aliphatic carbocycles. The van der Waals surface area contributed by atoms with Crippen molar-refractivity contribution in [3.05, 3.63) is 94.2 Å². The normalized spacial score (nSPS) is 14.7. The number of aromatic nitrogens is 3. The number of fused-ring (bicyclic) bond motifs is 1. The SMILES string of the molecule is COc1nc(-c2cccc(-c3cccc(-c4cc5ncc(CNCC(C)O)cc5cn4)c3Cl)c2Cl)ccc1COC(=O)NC[C@@H]1CCC(=O)N1. The molecular weight excluding hydrogens is 679 g/mol. The molecule has 2 amide bonds. The van der Waals surface area contributed by atoms with E-state index in [4.69, 9.17) is 37.7 Å². The second kappa shape index (κ2) is 15.8. The molecule has 4 heterocycles. The first kappa shape index (κ1) is 35.0. The van der Waals surface area contributed by atoms with Gasteiger partial charge in [-0.2, -0.15) is 0 Å². The number of carbonyl (C=O) groups excluding carboxylic acids is 2. The molecule has 1 unspecified atom stereocenters. The van der Waals surface area contributed by atoms with E-state index < -0.39 is 12.2 Å². The third-order valence-corrected chi connectivity index (χ3v) is 9.11. The van der Waals surface area contributed by atoms with Crippen molar-refractivity contribution in [1.82, 2.24) is 30.9 Å². The lowest BCUT2D eigenvalue weighted by Gasteiger charge is -2.15. The summed E-state index contributed by atoms with van der Waals surface area (Å²) < 4.78 is 10.9. The summed E-state index contributed by atoms with van der Waals surface area (Å²) in [4.78, 5) is 37.7. The van der Waals surface area contributed by atoms with Crippen molar-refractivity contribution in [2.24, 2.45) is 0 Å². The first-order chi connectivity index (χ1) is 24.2. The molecule has 258 valence electrons. The lowest BCUT2D eigenvalue weighted by Crippen LogP contribution is -2.38. The monoisotopic (exact) mass is 714 g/mol. The molecule has 13 heteroatoms. The average Bonchev–Trinajstić information content (AvgIpc) is 3.54. The van der Waals surface area contributed by atoms with Crippen molar-refractivity contribution >= 4 is 46.1 Å². The van der Waals surface area contributed by atoms with E-state index in [0.717, 1.165) is 27.6 Å². The van der Waals surface area contributed by atoms with E-state index in [0.29, 0.717) is 76.5 Å². The molecule has 0 saturated carbocycles. The predicted octanol–water partition coefficient (Wildman–Crippen LogP) is 6.32. The number of aliphatic hydroxyl groups excluding tert-OH is 1. The highest BCUT2D eigenvalue weighted by atomic mass is 35.5. The minimum absolute atomic E-state index is 0.0197. The van der Waals surface area contributed by atoms with Gasteiger partial charge in [0.05, 0.1) is 45.7 Å². The Kier molecular flexibility index (Phi) is 11.1. The Morgan fingerprint density at radius 2 is 1.72 bits per heavy atom. The fourth-order valence-electron chi connectivity index (χ4n) is 5.75. The van der Waals surface area contributed by atoms with Crippen LogP contribution in [0.2, 0.25) is 10.0 Å². The van der Waals surface area contributed by atoms with Gasteiger partial charge in [0.1, 0.15) is 6.61 Å². The summed E-state index contributed by atoms with van der Waals surface area (Å²) in [6, 6.07) is 18.8. The van der Waals surface area contributed by atoms with Crippen molar-refractivity contribution in [3.8, 4) is 39.5 Å². The first-order valence-corrected chi connectivity index (χ1v) is 16.9. The minimum Gasteiger partial charge on any atom is -0.481 e. The molecule has 11 nitrogen and oxygen atoms in total. The molecule has 2 atom stereocenters. The Morgan fingerprint density at radius 1 is 1.00 bits per heavy atom. The first-order valence-electron chi connectivity index (χ1n) is 16.2. The molecule has 0 radical (unpaired) electrons. The fourth-order valence-corrected chi connectivity index (χ4v) is 6.40. The molecule has 0 bridgehead atoms. The topological polar surface area (TPSA) is 148 Å². The molecule has 50 heavy (non-hydrogen) atoms. The van der Waals surface area contributed by atoms with Crippen molar-refractivity contribution in [2.45, 2.75) is 45.1 Å². The molecule has 3 aromatic heterocycles.